The fourth-order valence-electron chi connectivity index (χ4n) is 1.48. The first-order valence-corrected chi connectivity index (χ1v) is 8.08. The van der Waals surface area contributed by atoms with Crippen molar-refractivity contribution in [1.29, 1.82) is 0 Å². The Morgan fingerprint density at radius 1 is 1.32 bits per heavy atom. The van der Waals surface area contributed by atoms with E-state index in [9.17, 15) is 23.3 Å². The van der Waals surface area contributed by atoms with E-state index in [4.69, 9.17) is 0 Å². The van der Waals surface area contributed by atoms with Crippen molar-refractivity contribution >= 4 is 37.4 Å². The monoisotopic (exact) mass is 342 g/mol. The number of carbonyl (C=O) groups excluding carboxylic acids is 1. The average molecular weight is 342 g/mol. The van der Waals surface area contributed by atoms with E-state index in [1.54, 1.807) is 0 Å². The third kappa shape index (κ3) is 3.44. The van der Waals surface area contributed by atoms with Crippen molar-refractivity contribution in [2.75, 3.05) is 12.4 Å². The summed E-state index contributed by atoms with van der Waals surface area (Å²) in [5, 5.41) is 12.8. The highest BCUT2D eigenvalue weighted by Crippen LogP contribution is 2.25. The molecule has 0 radical (unpaired) electrons. The van der Waals surface area contributed by atoms with Gasteiger partial charge in [0.2, 0.25) is 10.0 Å². The quantitative estimate of drug-likeness (QED) is 0.620. The van der Waals surface area contributed by atoms with Gasteiger partial charge in [-0.05, 0) is 42.6 Å². The van der Waals surface area contributed by atoms with Gasteiger partial charge in [0.05, 0.1) is 9.82 Å². The summed E-state index contributed by atoms with van der Waals surface area (Å²) in [6, 6.07) is 5.24. The predicted molar refractivity (Wildman–Crippen MR) is 79.4 cm³/mol. The van der Waals surface area contributed by atoms with Gasteiger partial charge < -0.3 is 0 Å². The molecule has 0 unspecified atom stereocenters. The number of nitrogens with zero attached hydrogens (tertiary/aromatic N) is 2. The molecule has 1 aromatic heterocycles. The highest BCUT2D eigenvalue weighted by Gasteiger charge is 2.16. The molecule has 0 aliphatic rings. The first-order chi connectivity index (χ1) is 10.3. The Bertz CT molecular complexity index is 813. The molecule has 0 bridgehead atoms. The van der Waals surface area contributed by atoms with Crippen LogP contribution in [0.15, 0.2) is 35.4 Å². The molecule has 0 fully saturated rings. The Morgan fingerprint density at radius 2 is 1.95 bits per heavy atom. The number of anilines is 1. The number of carbonyl (C=O) groups is 1. The van der Waals surface area contributed by atoms with Gasteiger partial charge in [-0.25, -0.2) is 18.1 Å². The van der Waals surface area contributed by atoms with Crippen LogP contribution in [0.2, 0.25) is 0 Å². The van der Waals surface area contributed by atoms with Crippen molar-refractivity contribution in [2.45, 2.75) is 4.90 Å². The van der Waals surface area contributed by atoms with Crippen molar-refractivity contribution < 1.29 is 18.1 Å². The maximum absolute atomic E-state index is 11.9. The second-order valence-electron chi connectivity index (χ2n) is 3.95. The summed E-state index contributed by atoms with van der Waals surface area (Å²) >= 11 is 0.727. The second kappa shape index (κ2) is 6.17. The summed E-state index contributed by atoms with van der Waals surface area (Å²) in [5.74, 6) is -0.544. The molecule has 9 nitrogen and oxygen atoms in total. The zero-order valence-corrected chi connectivity index (χ0v) is 12.8. The van der Waals surface area contributed by atoms with Gasteiger partial charge >= 0.3 is 5.00 Å². The van der Waals surface area contributed by atoms with Crippen molar-refractivity contribution in [3.63, 3.8) is 0 Å². The van der Waals surface area contributed by atoms with E-state index in [2.05, 4.69) is 15.0 Å². The van der Waals surface area contributed by atoms with Crippen LogP contribution >= 0.6 is 11.3 Å². The van der Waals surface area contributed by atoms with Gasteiger partial charge in [0.25, 0.3) is 5.91 Å². The lowest BCUT2D eigenvalue weighted by atomic mass is 10.2. The van der Waals surface area contributed by atoms with Crippen molar-refractivity contribution in [1.82, 2.24) is 9.71 Å². The Balaban J connectivity index is 2.14. The molecule has 22 heavy (non-hydrogen) atoms. The molecular weight excluding hydrogens is 332 g/mol. The number of rotatable bonds is 5. The molecule has 2 rings (SSSR count). The smallest absolute Gasteiger partial charge is 0.298 e. The molecule has 11 heteroatoms. The fourth-order valence-corrected chi connectivity index (χ4v) is 2.84. The van der Waals surface area contributed by atoms with E-state index >= 15 is 0 Å². The minimum Gasteiger partial charge on any atom is -0.298 e. The normalized spacial score (nSPS) is 11.1. The third-order valence-electron chi connectivity index (χ3n) is 2.59. The predicted octanol–water partition coefficient (Wildman–Crippen LogP) is 1.21. The summed E-state index contributed by atoms with van der Waals surface area (Å²) in [5.41, 5.74) is 0.202. The number of nitrogens with one attached hydrogen (secondary N) is 2. The van der Waals surface area contributed by atoms with Gasteiger partial charge in [-0.15, -0.1) is 0 Å². The largest absolute Gasteiger partial charge is 0.345 e. The number of nitro groups is 1. The van der Waals surface area contributed by atoms with Gasteiger partial charge in [0.15, 0.2) is 5.13 Å². The first-order valence-electron chi connectivity index (χ1n) is 5.78. The highest BCUT2D eigenvalue weighted by molar-refractivity contribution is 7.89. The number of hydrogen-bond acceptors (Lipinski definition) is 7. The molecule has 2 aromatic rings. The first kappa shape index (κ1) is 16.0. The lowest BCUT2D eigenvalue weighted by molar-refractivity contribution is -0.380. The molecule has 0 aliphatic carbocycles. The molecular formula is C11H10N4O5S2. The average Bonchev–Trinajstić information content (AvgIpc) is 2.96. The van der Waals surface area contributed by atoms with E-state index in [-0.39, 0.29) is 20.6 Å². The molecule has 116 valence electrons. The molecule has 1 aromatic carbocycles. The Labute approximate surface area is 129 Å². The lowest BCUT2D eigenvalue weighted by Crippen LogP contribution is -2.19. The van der Waals surface area contributed by atoms with Crippen LogP contribution in [-0.2, 0) is 10.0 Å². The van der Waals surface area contributed by atoms with Crippen molar-refractivity contribution in [2.24, 2.45) is 0 Å². The van der Waals surface area contributed by atoms with Crippen LogP contribution < -0.4 is 10.0 Å². The van der Waals surface area contributed by atoms with Crippen LogP contribution in [0.4, 0.5) is 10.1 Å². The van der Waals surface area contributed by atoms with E-state index in [0.29, 0.717) is 0 Å². The maximum atomic E-state index is 11.9. The Morgan fingerprint density at radius 3 is 2.45 bits per heavy atom. The van der Waals surface area contributed by atoms with Gasteiger partial charge in [0.1, 0.15) is 6.20 Å². The van der Waals surface area contributed by atoms with Crippen LogP contribution in [0.3, 0.4) is 0 Å². The van der Waals surface area contributed by atoms with Crippen LogP contribution in [0.5, 0.6) is 0 Å². The standard InChI is InChI=1S/C11H10N4O5S2/c1-12-22(19,20)8-4-2-7(3-5-8)10(16)14-11-13-6-9(21-11)15(17)18/h2-6,12H,1H3,(H,13,14,16). The topological polar surface area (TPSA) is 131 Å². The van der Waals surface area contributed by atoms with Crippen molar-refractivity contribution in [3.05, 3.63) is 46.1 Å². The maximum Gasteiger partial charge on any atom is 0.345 e. The van der Waals surface area contributed by atoms with E-state index in [1.807, 2.05) is 0 Å². The Hall–Kier alpha value is -2.37. The van der Waals surface area contributed by atoms with Crippen molar-refractivity contribution in [3.8, 4) is 0 Å². The van der Waals surface area contributed by atoms with Crippen LogP contribution in [0.1, 0.15) is 10.4 Å². The van der Waals surface area contributed by atoms with Crippen LogP contribution in [0, 0.1) is 10.1 Å². The molecule has 2 N–H and O–H groups in total. The van der Waals surface area contributed by atoms with Gasteiger partial charge in [0, 0.05) is 5.56 Å². The lowest BCUT2D eigenvalue weighted by Gasteiger charge is -2.04. The summed E-state index contributed by atoms with van der Waals surface area (Å²) in [4.78, 5) is 25.6. The number of sulfonamides is 1. The zero-order chi connectivity index (χ0) is 16.3. The summed E-state index contributed by atoms with van der Waals surface area (Å²) in [6.45, 7) is 0. The molecule has 0 aliphatic heterocycles. The number of aromatic nitrogens is 1. The summed E-state index contributed by atoms with van der Waals surface area (Å²) in [6.07, 6.45) is 1.04. The van der Waals surface area contributed by atoms with Crippen LogP contribution in [-0.4, -0.2) is 31.3 Å². The van der Waals surface area contributed by atoms with Gasteiger partial charge in [-0.1, -0.05) is 0 Å². The van der Waals surface area contributed by atoms with E-state index in [0.717, 1.165) is 17.5 Å². The second-order valence-corrected chi connectivity index (χ2v) is 6.84. The third-order valence-corrected chi connectivity index (χ3v) is 4.88. The fraction of sp³-hybridized carbons (Fsp3) is 0.0909. The van der Waals surface area contributed by atoms with E-state index < -0.39 is 20.9 Å². The molecule has 1 amide bonds. The Kier molecular flexibility index (Phi) is 4.49. The van der Waals surface area contributed by atoms with Gasteiger partial charge in [-0.3, -0.25) is 20.2 Å². The molecule has 0 saturated heterocycles. The van der Waals surface area contributed by atoms with Gasteiger partial charge in [-0.2, -0.15) is 0 Å². The van der Waals surface area contributed by atoms with E-state index in [1.165, 1.54) is 31.3 Å². The molecule has 0 atom stereocenters. The number of benzene rings is 1. The number of thiazole rings is 1. The summed E-state index contributed by atoms with van der Waals surface area (Å²) < 4.78 is 25.3. The molecule has 0 spiro atoms. The van der Waals surface area contributed by atoms with Crippen LogP contribution in [0.25, 0.3) is 0 Å². The number of amides is 1. The molecule has 0 saturated carbocycles. The SMILES string of the molecule is CNS(=O)(=O)c1ccc(C(=O)Nc2ncc([N+](=O)[O-])s2)cc1. The zero-order valence-electron chi connectivity index (χ0n) is 11.1. The summed E-state index contributed by atoms with van der Waals surface area (Å²) in [7, 11) is -2.29. The number of hydrogen-bond donors (Lipinski definition) is 2. The minimum atomic E-state index is -3.57. The highest BCUT2D eigenvalue weighted by atomic mass is 32.2. The minimum absolute atomic E-state index is 0.0245. The molecule has 1 heterocycles.